The Hall–Kier alpha value is -2.11. The Bertz CT molecular complexity index is 494. The number of guanidine groups is 1. The van der Waals surface area contributed by atoms with E-state index in [9.17, 15) is 10.1 Å². The van der Waals surface area contributed by atoms with E-state index in [1.54, 1.807) is 12.1 Å². The van der Waals surface area contributed by atoms with Crippen LogP contribution in [0.4, 0.5) is 5.69 Å². The summed E-state index contributed by atoms with van der Waals surface area (Å²) in [6.45, 7) is 2.28. The Labute approximate surface area is 118 Å². The molecule has 6 heteroatoms. The molecular formula is C14H20N4O2. The van der Waals surface area contributed by atoms with Crippen molar-refractivity contribution in [3.8, 4) is 0 Å². The van der Waals surface area contributed by atoms with Gasteiger partial charge in [0, 0.05) is 25.2 Å². The molecule has 108 valence electrons. The van der Waals surface area contributed by atoms with Crippen molar-refractivity contribution in [2.75, 3.05) is 13.1 Å². The minimum atomic E-state index is -0.397. The highest BCUT2D eigenvalue weighted by Gasteiger charge is 2.11. The van der Waals surface area contributed by atoms with Crippen LogP contribution in [-0.4, -0.2) is 28.9 Å². The molecule has 1 aliphatic heterocycles. The summed E-state index contributed by atoms with van der Waals surface area (Å²) in [5, 5.41) is 10.7. The van der Waals surface area contributed by atoms with Crippen LogP contribution in [0, 0.1) is 10.1 Å². The van der Waals surface area contributed by atoms with Gasteiger partial charge in [0.05, 0.1) is 11.5 Å². The Morgan fingerprint density at radius 1 is 1.30 bits per heavy atom. The van der Waals surface area contributed by atoms with E-state index in [2.05, 4.69) is 9.89 Å². The van der Waals surface area contributed by atoms with Crippen molar-refractivity contribution in [2.24, 2.45) is 10.7 Å². The van der Waals surface area contributed by atoms with Gasteiger partial charge >= 0.3 is 0 Å². The van der Waals surface area contributed by atoms with Gasteiger partial charge in [0.1, 0.15) is 0 Å². The number of benzene rings is 1. The number of nitrogens with zero attached hydrogens (tertiary/aromatic N) is 3. The molecule has 20 heavy (non-hydrogen) atoms. The van der Waals surface area contributed by atoms with Crippen LogP contribution in [0.1, 0.15) is 31.2 Å². The lowest BCUT2D eigenvalue weighted by molar-refractivity contribution is -0.384. The topological polar surface area (TPSA) is 84.8 Å². The number of likely N-dealkylation sites (tertiary alicyclic amines) is 1. The van der Waals surface area contributed by atoms with Gasteiger partial charge in [-0.1, -0.05) is 25.0 Å². The number of aliphatic imine (C=N–C) groups is 1. The van der Waals surface area contributed by atoms with Crippen molar-refractivity contribution < 1.29 is 4.92 Å². The van der Waals surface area contributed by atoms with Gasteiger partial charge in [0.15, 0.2) is 5.96 Å². The highest BCUT2D eigenvalue weighted by Crippen LogP contribution is 2.14. The van der Waals surface area contributed by atoms with Crippen LogP contribution in [0.5, 0.6) is 0 Å². The predicted octanol–water partition coefficient (Wildman–Crippen LogP) is 2.29. The molecule has 0 aromatic heterocycles. The maximum absolute atomic E-state index is 10.7. The van der Waals surface area contributed by atoms with Crippen LogP contribution < -0.4 is 5.73 Å². The number of nitrogens with two attached hydrogens (primary N) is 1. The molecule has 0 spiro atoms. The summed E-state index contributed by atoms with van der Waals surface area (Å²) in [6, 6.07) is 6.52. The number of non-ortho nitro benzene ring substituents is 1. The van der Waals surface area contributed by atoms with Crippen molar-refractivity contribution >= 4 is 11.6 Å². The van der Waals surface area contributed by atoms with Gasteiger partial charge in [-0.25, -0.2) is 4.99 Å². The van der Waals surface area contributed by atoms with Crippen LogP contribution in [0.2, 0.25) is 0 Å². The molecule has 1 aromatic carbocycles. The largest absolute Gasteiger partial charge is 0.370 e. The fraction of sp³-hybridized carbons (Fsp3) is 0.500. The molecule has 0 atom stereocenters. The maximum Gasteiger partial charge on any atom is 0.269 e. The van der Waals surface area contributed by atoms with E-state index in [4.69, 9.17) is 5.73 Å². The summed E-state index contributed by atoms with van der Waals surface area (Å²) in [7, 11) is 0. The fourth-order valence-corrected chi connectivity index (χ4v) is 2.34. The third kappa shape index (κ3) is 3.94. The van der Waals surface area contributed by atoms with E-state index >= 15 is 0 Å². The van der Waals surface area contributed by atoms with Crippen LogP contribution in [0.25, 0.3) is 0 Å². The van der Waals surface area contributed by atoms with Crippen LogP contribution in [0.15, 0.2) is 29.3 Å². The lowest BCUT2D eigenvalue weighted by Crippen LogP contribution is -2.38. The summed E-state index contributed by atoms with van der Waals surface area (Å²) in [5.41, 5.74) is 6.90. The fourth-order valence-electron chi connectivity index (χ4n) is 2.34. The Kier molecular flexibility index (Phi) is 4.92. The quantitative estimate of drug-likeness (QED) is 0.397. The third-order valence-electron chi connectivity index (χ3n) is 3.48. The molecule has 1 aromatic rings. The zero-order valence-corrected chi connectivity index (χ0v) is 11.5. The van der Waals surface area contributed by atoms with Crippen LogP contribution in [-0.2, 0) is 6.54 Å². The monoisotopic (exact) mass is 276 g/mol. The number of nitro groups is 1. The smallest absolute Gasteiger partial charge is 0.269 e. The van der Waals surface area contributed by atoms with E-state index in [-0.39, 0.29) is 5.69 Å². The van der Waals surface area contributed by atoms with Gasteiger partial charge in [-0.05, 0) is 18.4 Å². The Morgan fingerprint density at radius 2 is 2.00 bits per heavy atom. The molecule has 6 nitrogen and oxygen atoms in total. The minimum Gasteiger partial charge on any atom is -0.370 e. The molecule has 0 unspecified atom stereocenters. The summed E-state index contributed by atoms with van der Waals surface area (Å²) in [6.07, 6.45) is 4.78. The zero-order chi connectivity index (χ0) is 14.4. The molecule has 0 saturated carbocycles. The SMILES string of the molecule is NC(=NCc1cccc([N+](=O)[O-])c1)N1CCCCCC1. The van der Waals surface area contributed by atoms with E-state index in [1.807, 2.05) is 6.07 Å². The molecule has 0 bridgehead atoms. The molecule has 0 aliphatic carbocycles. The first kappa shape index (κ1) is 14.3. The summed E-state index contributed by atoms with van der Waals surface area (Å²) < 4.78 is 0. The molecule has 2 N–H and O–H groups in total. The normalized spacial score (nSPS) is 16.8. The van der Waals surface area contributed by atoms with Gasteiger partial charge < -0.3 is 10.6 Å². The number of nitro benzene ring substituents is 1. The second-order valence-corrected chi connectivity index (χ2v) is 5.00. The highest BCUT2D eigenvalue weighted by atomic mass is 16.6. The summed E-state index contributed by atoms with van der Waals surface area (Å²) in [5.74, 6) is 0.540. The van der Waals surface area contributed by atoms with E-state index in [1.165, 1.54) is 18.9 Å². The average molecular weight is 276 g/mol. The van der Waals surface area contributed by atoms with Crippen molar-refractivity contribution in [3.63, 3.8) is 0 Å². The molecule has 1 fully saturated rings. The van der Waals surface area contributed by atoms with E-state index < -0.39 is 4.92 Å². The van der Waals surface area contributed by atoms with Gasteiger partial charge in [-0.15, -0.1) is 0 Å². The first-order chi connectivity index (χ1) is 9.66. The molecule has 0 amide bonds. The van der Waals surface area contributed by atoms with E-state index in [0.29, 0.717) is 12.5 Å². The first-order valence-corrected chi connectivity index (χ1v) is 6.95. The van der Waals surface area contributed by atoms with Crippen molar-refractivity contribution in [1.29, 1.82) is 0 Å². The van der Waals surface area contributed by atoms with Crippen LogP contribution in [0.3, 0.4) is 0 Å². The molecule has 1 heterocycles. The molecular weight excluding hydrogens is 256 g/mol. The molecule has 1 saturated heterocycles. The van der Waals surface area contributed by atoms with E-state index in [0.717, 1.165) is 31.5 Å². The Balaban J connectivity index is 2.00. The minimum absolute atomic E-state index is 0.0889. The van der Waals surface area contributed by atoms with Crippen LogP contribution >= 0.6 is 0 Å². The zero-order valence-electron chi connectivity index (χ0n) is 11.5. The second kappa shape index (κ2) is 6.88. The first-order valence-electron chi connectivity index (χ1n) is 6.95. The van der Waals surface area contributed by atoms with Crippen molar-refractivity contribution in [1.82, 2.24) is 4.90 Å². The van der Waals surface area contributed by atoms with Gasteiger partial charge in [0.25, 0.3) is 5.69 Å². The maximum atomic E-state index is 10.7. The standard InChI is InChI=1S/C14H20N4O2/c15-14(17-8-3-1-2-4-9-17)16-11-12-6-5-7-13(10-12)18(19)20/h5-7,10H,1-4,8-9,11H2,(H2,15,16). The number of rotatable bonds is 3. The number of hydrogen-bond donors (Lipinski definition) is 1. The third-order valence-corrected chi connectivity index (χ3v) is 3.48. The lowest BCUT2D eigenvalue weighted by Gasteiger charge is -2.21. The molecule has 0 radical (unpaired) electrons. The number of hydrogen-bond acceptors (Lipinski definition) is 3. The van der Waals surface area contributed by atoms with Crippen molar-refractivity contribution in [2.45, 2.75) is 32.2 Å². The van der Waals surface area contributed by atoms with Gasteiger partial charge in [-0.2, -0.15) is 0 Å². The Morgan fingerprint density at radius 3 is 2.65 bits per heavy atom. The average Bonchev–Trinajstić information content (AvgIpc) is 2.74. The summed E-state index contributed by atoms with van der Waals surface area (Å²) in [4.78, 5) is 16.8. The van der Waals surface area contributed by atoms with Gasteiger partial charge in [0.2, 0.25) is 0 Å². The van der Waals surface area contributed by atoms with Crippen molar-refractivity contribution in [3.05, 3.63) is 39.9 Å². The van der Waals surface area contributed by atoms with Gasteiger partial charge in [-0.3, -0.25) is 10.1 Å². The summed E-state index contributed by atoms with van der Waals surface area (Å²) >= 11 is 0. The second-order valence-electron chi connectivity index (χ2n) is 5.00. The lowest BCUT2D eigenvalue weighted by atomic mass is 10.2. The molecule has 1 aliphatic rings. The molecule has 2 rings (SSSR count). The predicted molar refractivity (Wildman–Crippen MR) is 78.5 cm³/mol. The highest BCUT2D eigenvalue weighted by molar-refractivity contribution is 5.78.